The van der Waals surface area contributed by atoms with E-state index in [1.807, 2.05) is 59.5 Å². The Labute approximate surface area is 183 Å². The average Bonchev–Trinajstić information content (AvgIpc) is 3.24. The average molecular weight is 435 g/mol. The molecule has 0 spiro atoms. The van der Waals surface area contributed by atoms with Gasteiger partial charge >= 0.3 is 0 Å². The second-order valence-corrected chi connectivity index (χ2v) is 8.80. The third kappa shape index (κ3) is 2.89. The van der Waals surface area contributed by atoms with Crippen molar-refractivity contribution in [3.05, 3.63) is 70.1 Å². The van der Waals surface area contributed by atoms with Crippen LogP contribution in [0.3, 0.4) is 0 Å². The van der Waals surface area contributed by atoms with Crippen molar-refractivity contribution in [1.82, 2.24) is 0 Å². The second-order valence-electron chi connectivity index (χ2n) is 7.37. The number of amides is 2. The summed E-state index contributed by atoms with van der Waals surface area (Å²) in [6.07, 6.45) is 1.97. The molecule has 1 N–H and O–H groups in total. The first kappa shape index (κ1) is 19.1. The van der Waals surface area contributed by atoms with Crippen LogP contribution in [0.15, 0.2) is 54.6 Å². The molecule has 0 unspecified atom stereocenters. The molecule has 0 atom stereocenters. The molecule has 0 aliphatic carbocycles. The molecule has 2 amide bonds. The summed E-state index contributed by atoms with van der Waals surface area (Å²) in [6.45, 7) is 2.81. The summed E-state index contributed by atoms with van der Waals surface area (Å²) in [7, 11) is 0. The van der Waals surface area contributed by atoms with Gasteiger partial charge < -0.3 is 10.2 Å². The number of carbonyl (C=O) groups excluding carboxylic acids is 2. The highest BCUT2D eigenvalue weighted by molar-refractivity contribution is 7.21. The predicted octanol–water partition coefficient (Wildman–Crippen LogP) is 6.72. The zero-order valence-corrected chi connectivity index (χ0v) is 17.9. The Balaban J connectivity index is 1.55. The van der Waals surface area contributed by atoms with Crippen molar-refractivity contribution in [1.29, 1.82) is 0 Å². The minimum absolute atomic E-state index is 0.0278. The highest BCUT2D eigenvalue weighted by Crippen LogP contribution is 2.41. The SMILES string of the molecule is CCCCN1C(=O)c2cccc3c(NC(=O)c4sc5ccccc5c4Cl)ccc1c23. The molecule has 4 aromatic rings. The van der Waals surface area contributed by atoms with E-state index >= 15 is 0 Å². The largest absolute Gasteiger partial charge is 0.321 e. The minimum Gasteiger partial charge on any atom is -0.321 e. The van der Waals surface area contributed by atoms with Crippen LogP contribution >= 0.6 is 22.9 Å². The third-order valence-electron chi connectivity index (χ3n) is 5.51. The first-order valence-corrected chi connectivity index (χ1v) is 11.2. The maximum absolute atomic E-state index is 13.0. The monoisotopic (exact) mass is 434 g/mol. The van der Waals surface area contributed by atoms with E-state index in [1.54, 1.807) is 0 Å². The lowest BCUT2D eigenvalue weighted by Crippen LogP contribution is -2.27. The van der Waals surface area contributed by atoms with Gasteiger partial charge in [-0.2, -0.15) is 0 Å². The Morgan fingerprint density at radius 1 is 1.07 bits per heavy atom. The molecule has 2 heterocycles. The number of carbonyl (C=O) groups is 2. The molecule has 0 saturated carbocycles. The lowest BCUT2D eigenvalue weighted by molar-refractivity contribution is 0.0991. The molecule has 5 rings (SSSR count). The van der Waals surface area contributed by atoms with E-state index in [4.69, 9.17) is 11.6 Å². The van der Waals surface area contributed by atoms with Crippen molar-refractivity contribution in [2.45, 2.75) is 19.8 Å². The molecule has 6 heteroatoms. The minimum atomic E-state index is -0.242. The molecule has 0 saturated heterocycles. The van der Waals surface area contributed by atoms with Gasteiger partial charge in [-0.25, -0.2) is 0 Å². The van der Waals surface area contributed by atoms with Crippen LogP contribution in [0.4, 0.5) is 11.4 Å². The Kier molecular flexibility index (Phi) is 4.72. The number of fused-ring (bicyclic) bond motifs is 1. The molecule has 1 aromatic heterocycles. The summed E-state index contributed by atoms with van der Waals surface area (Å²) in [5, 5.41) is 6.13. The molecule has 150 valence electrons. The van der Waals surface area contributed by atoms with E-state index in [9.17, 15) is 9.59 Å². The van der Waals surface area contributed by atoms with Gasteiger partial charge in [-0.1, -0.05) is 55.3 Å². The van der Waals surface area contributed by atoms with E-state index in [0.29, 0.717) is 27.7 Å². The molecular formula is C24H19ClN2O2S. The number of hydrogen-bond donors (Lipinski definition) is 1. The number of thiophene rings is 1. The van der Waals surface area contributed by atoms with E-state index in [0.717, 1.165) is 39.4 Å². The fraction of sp³-hybridized carbons (Fsp3) is 0.167. The molecule has 3 aromatic carbocycles. The van der Waals surface area contributed by atoms with Crippen molar-refractivity contribution < 1.29 is 9.59 Å². The summed E-state index contributed by atoms with van der Waals surface area (Å²) in [5.74, 6) is -0.214. The molecular weight excluding hydrogens is 416 g/mol. The third-order valence-corrected chi connectivity index (χ3v) is 7.18. The number of rotatable bonds is 5. The fourth-order valence-electron chi connectivity index (χ4n) is 4.03. The Hall–Kier alpha value is -2.89. The highest BCUT2D eigenvalue weighted by Gasteiger charge is 2.30. The maximum atomic E-state index is 13.0. The van der Waals surface area contributed by atoms with E-state index in [-0.39, 0.29) is 11.8 Å². The van der Waals surface area contributed by atoms with Gasteiger partial charge in [-0.15, -0.1) is 11.3 Å². The van der Waals surface area contributed by atoms with Crippen molar-refractivity contribution in [3.8, 4) is 0 Å². The Morgan fingerprint density at radius 3 is 2.67 bits per heavy atom. The Morgan fingerprint density at radius 2 is 1.87 bits per heavy atom. The summed E-state index contributed by atoms with van der Waals surface area (Å²) in [6, 6.07) is 17.2. The van der Waals surface area contributed by atoms with Crippen molar-refractivity contribution in [2.24, 2.45) is 0 Å². The smallest absolute Gasteiger partial charge is 0.267 e. The van der Waals surface area contributed by atoms with Gasteiger partial charge in [0.15, 0.2) is 0 Å². The lowest BCUT2D eigenvalue weighted by atomic mass is 10.0. The second kappa shape index (κ2) is 7.42. The number of anilines is 2. The molecule has 1 aliphatic heterocycles. The van der Waals surface area contributed by atoms with E-state index in [2.05, 4.69) is 12.2 Å². The van der Waals surface area contributed by atoms with Gasteiger partial charge in [0.2, 0.25) is 0 Å². The molecule has 0 bridgehead atoms. The van der Waals surface area contributed by atoms with E-state index in [1.165, 1.54) is 11.3 Å². The molecule has 1 aliphatic rings. The molecule has 0 fully saturated rings. The van der Waals surface area contributed by atoms with Gasteiger partial charge in [-0.3, -0.25) is 9.59 Å². The van der Waals surface area contributed by atoms with Gasteiger partial charge in [0.25, 0.3) is 11.8 Å². The van der Waals surface area contributed by atoms with Crippen LogP contribution < -0.4 is 10.2 Å². The summed E-state index contributed by atoms with van der Waals surface area (Å²) in [5.41, 5.74) is 2.28. The van der Waals surface area contributed by atoms with E-state index < -0.39 is 0 Å². The van der Waals surface area contributed by atoms with Crippen LogP contribution in [0.1, 0.15) is 39.8 Å². The molecule has 30 heavy (non-hydrogen) atoms. The normalized spacial score (nSPS) is 12.9. The fourth-order valence-corrected chi connectivity index (χ4v) is 5.44. The summed E-state index contributed by atoms with van der Waals surface area (Å²) >= 11 is 7.86. The Bertz CT molecular complexity index is 1330. The maximum Gasteiger partial charge on any atom is 0.267 e. The van der Waals surface area contributed by atoms with Crippen molar-refractivity contribution in [3.63, 3.8) is 0 Å². The van der Waals surface area contributed by atoms with Gasteiger partial charge in [0.1, 0.15) is 4.88 Å². The van der Waals surface area contributed by atoms with Crippen LogP contribution in [-0.2, 0) is 0 Å². The first-order valence-electron chi connectivity index (χ1n) is 9.96. The topological polar surface area (TPSA) is 49.4 Å². The predicted molar refractivity (Wildman–Crippen MR) is 125 cm³/mol. The van der Waals surface area contributed by atoms with Crippen LogP contribution in [0.2, 0.25) is 5.02 Å². The van der Waals surface area contributed by atoms with Crippen LogP contribution in [-0.4, -0.2) is 18.4 Å². The zero-order chi connectivity index (χ0) is 20.8. The summed E-state index contributed by atoms with van der Waals surface area (Å²) < 4.78 is 0.977. The number of halogens is 1. The van der Waals surface area contributed by atoms with Crippen LogP contribution in [0, 0.1) is 0 Å². The van der Waals surface area contributed by atoms with Gasteiger partial charge in [-0.05, 0) is 30.7 Å². The zero-order valence-electron chi connectivity index (χ0n) is 16.4. The van der Waals surface area contributed by atoms with Crippen molar-refractivity contribution in [2.75, 3.05) is 16.8 Å². The standard InChI is InChI=1S/C24H19ClN2O2S/c1-2-3-13-27-18-12-11-17(14-8-6-9-16(20(14)18)24(27)29)26-23(28)22-21(25)15-7-4-5-10-19(15)30-22/h4-12H,2-3,13H2,1H3,(H,26,28). The lowest BCUT2D eigenvalue weighted by Gasteiger charge is -2.17. The van der Waals surface area contributed by atoms with Crippen molar-refractivity contribution >= 4 is 67.0 Å². The molecule has 0 radical (unpaired) electrons. The highest BCUT2D eigenvalue weighted by atomic mass is 35.5. The number of benzene rings is 3. The number of nitrogens with one attached hydrogen (secondary N) is 1. The van der Waals surface area contributed by atoms with Crippen LogP contribution in [0.25, 0.3) is 20.9 Å². The van der Waals surface area contributed by atoms with Crippen LogP contribution in [0.5, 0.6) is 0 Å². The quantitative estimate of drug-likeness (QED) is 0.379. The molecule has 4 nitrogen and oxygen atoms in total. The van der Waals surface area contributed by atoms with Gasteiger partial charge in [0, 0.05) is 38.7 Å². The summed E-state index contributed by atoms with van der Waals surface area (Å²) in [4.78, 5) is 28.3. The first-order chi connectivity index (χ1) is 14.6. The number of hydrogen-bond acceptors (Lipinski definition) is 3. The van der Waals surface area contributed by atoms with Gasteiger partial charge in [0.05, 0.1) is 10.7 Å². The number of nitrogens with zero attached hydrogens (tertiary/aromatic N) is 1. The number of unbranched alkanes of at least 4 members (excludes halogenated alkanes) is 1.